The number of thiophene rings is 1. The molecule has 0 bridgehead atoms. The lowest BCUT2D eigenvalue weighted by atomic mass is 10.2. The van der Waals surface area contributed by atoms with Crippen LogP contribution in [0.2, 0.25) is 0 Å². The molecule has 1 amide bonds. The predicted molar refractivity (Wildman–Crippen MR) is 98.5 cm³/mol. The zero-order valence-corrected chi connectivity index (χ0v) is 15.5. The normalized spacial score (nSPS) is 16.8. The van der Waals surface area contributed by atoms with E-state index in [0.29, 0.717) is 30.6 Å². The molecule has 6 nitrogen and oxygen atoms in total. The van der Waals surface area contributed by atoms with Gasteiger partial charge in [-0.15, -0.1) is 11.3 Å². The highest BCUT2D eigenvalue weighted by molar-refractivity contribution is 7.13. The van der Waals surface area contributed by atoms with Gasteiger partial charge >= 0.3 is 0 Å². The van der Waals surface area contributed by atoms with Crippen molar-refractivity contribution in [2.45, 2.75) is 26.4 Å². The summed E-state index contributed by atoms with van der Waals surface area (Å²) in [4.78, 5) is 20.7. The van der Waals surface area contributed by atoms with Crippen molar-refractivity contribution in [3.05, 3.63) is 52.0 Å². The molecule has 1 saturated heterocycles. The standard InChI is InChI=1S/C19H19N3O3S/c1-12-7-8-17(26-12)19(23)22-10-9-14(11-22)24-16-6-4-3-5-15(16)18-20-13(2)21-25-18/h3-8,14H,9-11H2,1-2H3. The summed E-state index contributed by atoms with van der Waals surface area (Å²) in [5.74, 6) is 1.80. The maximum Gasteiger partial charge on any atom is 0.264 e. The quantitative estimate of drug-likeness (QED) is 0.701. The summed E-state index contributed by atoms with van der Waals surface area (Å²) in [5, 5.41) is 3.84. The summed E-state index contributed by atoms with van der Waals surface area (Å²) in [6.45, 7) is 5.06. The first-order valence-electron chi connectivity index (χ1n) is 8.52. The Morgan fingerprint density at radius 1 is 1.27 bits per heavy atom. The van der Waals surface area contributed by atoms with E-state index >= 15 is 0 Å². The fourth-order valence-corrected chi connectivity index (χ4v) is 3.88. The summed E-state index contributed by atoms with van der Waals surface area (Å²) < 4.78 is 11.4. The molecular formula is C19H19N3O3S. The Labute approximate surface area is 155 Å². The number of nitrogens with zero attached hydrogens (tertiary/aromatic N) is 3. The number of aryl methyl sites for hydroxylation is 2. The number of carbonyl (C=O) groups excluding carboxylic acids is 1. The number of likely N-dealkylation sites (tertiary alicyclic amines) is 1. The van der Waals surface area contributed by atoms with Crippen LogP contribution in [0.5, 0.6) is 5.75 Å². The van der Waals surface area contributed by atoms with E-state index in [2.05, 4.69) is 10.1 Å². The van der Waals surface area contributed by atoms with Crippen LogP contribution in [0.25, 0.3) is 11.5 Å². The van der Waals surface area contributed by atoms with E-state index in [4.69, 9.17) is 9.26 Å². The molecule has 134 valence electrons. The highest BCUT2D eigenvalue weighted by atomic mass is 32.1. The first-order valence-corrected chi connectivity index (χ1v) is 9.34. The monoisotopic (exact) mass is 369 g/mol. The van der Waals surface area contributed by atoms with Crippen LogP contribution >= 0.6 is 11.3 Å². The van der Waals surface area contributed by atoms with Gasteiger partial charge in [-0.2, -0.15) is 4.98 Å². The molecule has 1 atom stereocenters. The molecule has 0 radical (unpaired) electrons. The fraction of sp³-hybridized carbons (Fsp3) is 0.316. The number of carbonyl (C=O) groups is 1. The molecule has 1 aromatic carbocycles. The maximum atomic E-state index is 12.6. The van der Waals surface area contributed by atoms with Gasteiger partial charge in [0.05, 0.1) is 17.0 Å². The van der Waals surface area contributed by atoms with Crippen LogP contribution in [0.15, 0.2) is 40.9 Å². The SMILES string of the molecule is Cc1noc(-c2ccccc2OC2CCN(C(=O)c3ccc(C)s3)C2)n1. The van der Waals surface area contributed by atoms with E-state index in [9.17, 15) is 4.79 Å². The zero-order valence-electron chi connectivity index (χ0n) is 14.6. The summed E-state index contributed by atoms with van der Waals surface area (Å²) in [6.07, 6.45) is 0.748. The minimum absolute atomic E-state index is 0.0508. The summed E-state index contributed by atoms with van der Waals surface area (Å²) in [7, 11) is 0. The first-order chi connectivity index (χ1) is 12.6. The molecule has 2 aromatic heterocycles. The van der Waals surface area contributed by atoms with E-state index in [1.165, 1.54) is 11.3 Å². The van der Waals surface area contributed by atoms with Gasteiger partial charge in [0, 0.05) is 17.8 Å². The van der Waals surface area contributed by atoms with Crippen molar-refractivity contribution in [2.75, 3.05) is 13.1 Å². The lowest BCUT2D eigenvalue weighted by Crippen LogP contribution is -2.30. The van der Waals surface area contributed by atoms with Gasteiger partial charge in [-0.05, 0) is 38.1 Å². The molecule has 0 aliphatic carbocycles. The number of amides is 1. The topological polar surface area (TPSA) is 68.5 Å². The minimum atomic E-state index is -0.0508. The Hall–Kier alpha value is -2.67. The number of ether oxygens (including phenoxy) is 1. The molecule has 1 aliphatic heterocycles. The Bertz CT molecular complexity index is 934. The number of hydrogen-bond acceptors (Lipinski definition) is 6. The smallest absolute Gasteiger partial charge is 0.264 e. The van der Waals surface area contributed by atoms with E-state index in [1.54, 1.807) is 6.92 Å². The molecular weight excluding hydrogens is 350 g/mol. The molecule has 0 spiro atoms. The van der Waals surface area contributed by atoms with E-state index in [0.717, 1.165) is 21.7 Å². The highest BCUT2D eigenvalue weighted by Crippen LogP contribution is 2.31. The third kappa shape index (κ3) is 3.35. The van der Waals surface area contributed by atoms with Gasteiger partial charge in [0.1, 0.15) is 11.9 Å². The van der Waals surface area contributed by atoms with Gasteiger partial charge in [0.25, 0.3) is 11.8 Å². The molecule has 0 N–H and O–H groups in total. The maximum absolute atomic E-state index is 12.6. The lowest BCUT2D eigenvalue weighted by Gasteiger charge is -2.17. The molecule has 0 saturated carbocycles. The van der Waals surface area contributed by atoms with Gasteiger partial charge in [-0.25, -0.2) is 0 Å². The second-order valence-electron chi connectivity index (χ2n) is 6.33. The Kier molecular flexibility index (Phi) is 4.46. The van der Waals surface area contributed by atoms with Crippen molar-refractivity contribution in [2.24, 2.45) is 0 Å². The highest BCUT2D eigenvalue weighted by Gasteiger charge is 2.29. The van der Waals surface area contributed by atoms with Crippen LogP contribution in [0.3, 0.4) is 0 Å². The van der Waals surface area contributed by atoms with E-state index in [-0.39, 0.29) is 12.0 Å². The van der Waals surface area contributed by atoms with Crippen LogP contribution in [-0.2, 0) is 0 Å². The van der Waals surface area contributed by atoms with Crippen molar-refractivity contribution >= 4 is 17.2 Å². The van der Waals surface area contributed by atoms with Gasteiger partial charge in [0.15, 0.2) is 5.82 Å². The second-order valence-corrected chi connectivity index (χ2v) is 7.62. The van der Waals surface area contributed by atoms with E-state index in [1.807, 2.05) is 48.2 Å². The Morgan fingerprint density at radius 2 is 2.12 bits per heavy atom. The molecule has 1 fully saturated rings. The van der Waals surface area contributed by atoms with Gasteiger partial charge in [-0.3, -0.25) is 4.79 Å². The van der Waals surface area contributed by atoms with Crippen LogP contribution in [0.4, 0.5) is 0 Å². The largest absolute Gasteiger partial charge is 0.488 e. The fourth-order valence-electron chi connectivity index (χ4n) is 3.05. The number of para-hydroxylation sites is 1. The Morgan fingerprint density at radius 3 is 2.85 bits per heavy atom. The predicted octanol–water partition coefficient (Wildman–Crippen LogP) is 3.71. The third-order valence-corrected chi connectivity index (χ3v) is 5.31. The number of hydrogen-bond donors (Lipinski definition) is 0. The first kappa shape index (κ1) is 16.8. The van der Waals surface area contributed by atoms with Crippen LogP contribution in [0.1, 0.15) is 26.8 Å². The summed E-state index contributed by atoms with van der Waals surface area (Å²) >= 11 is 1.53. The van der Waals surface area contributed by atoms with Crippen LogP contribution in [-0.4, -0.2) is 40.1 Å². The van der Waals surface area contributed by atoms with Gasteiger partial charge in [-0.1, -0.05) is 17.3 Å². The van der Waals surface area contributed by atoms with Crippen molar-refractivity contribution in [1.82, 2.24) is 15.0 Å². The van der Waals surface area contributed by atoms with Gasteiger partial charge in [0.2, 0.25) is 0 Å². The Balaban J connectivity index is 1.47. The minimum Gasteiger partial charge on any atom is -0.488 e. The average Bonchev–Trinajstić information content (AvgIpc) is 3.36. The summed E-state index contributed by atoms with van der Waals surface area (Å²) in [6, 6.07) is 11.5. The van der Waals surface area contributed by atoms with Gasteiger partial charge < -0.3 is 14.2 Å². The van der Waals surface area contributed by atoms with E-state index < -0.39 is 0 Å². The van der Waals surface area contributed by atoms with Crippen LogP contribution in [0, 0.1) is 13.8 Å². The van der Waals surface area contributed by atoms with Crippen molar-refractivity contribution in [3.63, 3.8) is 0 Å². The van der Waals surface area contributed by atoms with Crippen molar-refractivity contribution in [3.8, 4) is 17.2 Å². The number of rotatable bonds is 4. The van der Waals surface area contributed by atoms with Crippen molar-refractivity contribution in [1.29, 1.82) is 0 Å². The molecule has 26 heavy (non-hydrogen) atoms. The van der Waals surface area contributed by atoms with Crippen molar-refractivity contribution < 1.29 is 14.1 Å². The molecule has 3 heterocycles. The molecule has 3 aromatic rings. The van der Waals surface area contributed by atoms with Crippen LogP contribution < -0.4 is 4.74 Å². The molecule has 1 unspecified atom stereocenters. The summed E-state index contributed by atoms with van der Waals surface area (Å²) in [5.41, 5.74) is 0.770. The number of benzene rings is 1. The molecule has 1 aliphatic rings. The second kappa shape index (κ2) is 6.92. The number of aromatic nitrogens is 2. The average molecular weight is 369 g/mol. The zero-order chi connectivity index (χ0) is 18.1. The third-order valence-electron chi connectivity index (χ3n) is 4.32. The molecule has 4 rings (SSSR count). The molecule has 7 heteroatoms. The lowest BCUT2D eigenvalue weighted by molar-refractivity contribution is 0.0777.